The van der Waals surface area contributed by atoms with Crippen LogP contribution in [0.1, 0.15) is 194 Å². The first kappa shape index (κ1) is 51.0. The Labute approximate surface area is 322 Å². The monoisotopic (exact) mass is 757 g/mol. The maximum Gasteiger partial charge on any atom is 0.268 e. The van der Waals surface area contributed by atoms with Crippen LogP contribution < -0.4 is 10.2 Å². The Morgan fingerprint density at radius 3 is 1.56 bits per heavy atom. The highest BCUT2D eigenvalue weighted by molar-refractivity contribution is 7.45. The van der Waals surface area contributed by atoms with E-state index >= 15 is 0 Å². The lowest BCUT2D eigenvalue weighted by Gasteiger charge is -2.29. The van der Waals surface area contributed by atoms with Crippen LogP contribution in [0, 0.1) is 0 Å². The molecule has 0 aliphatic rings. The van der Waals surface area contributed by atoms with Crippen molar-refractivity contribution >= 4 is 13.7 Å². The molecular formula is C43H85N2O6P. The Hall–Kier alpha value is -1.02. The molecule has 0 aromatic carbocycles. The molecule has 2 N–H and O–H groups in total. The maximum absolute atomic E-state index is 12.8. The van der Waals surface area contributed by atoms with Gasteiger partial charge in [0.25, 0.3) is 7.82 Å². The van der Waals surface area contributed by atoms with Crippen molar-refractivity contribution in [1.82, 2.24) is 5.32 Å². The van der Waals surface area contributed by atoms with Crippen molar-refractivity contribution in [3.8, 4) is 0 Å². The molecule has 0 aliphatic carbocycles. The zero-order chi connectivity index (χ0) is 38.6. The van der Waals surface area contributed by atoms with Crippen LogP contribution in [0.5, 0.6) is 0 Å². The lowest BCUT2D eigenvalue weighted by molar-refractivity contribution is -0.870. The van der Waals surface area contributed by atoms with Gasteiger partial charge in [-0.15, -0.1) is 0 Å². The number of likely N-dealkylation sites (N-methyl/N-ethyl adjacent to an activating group) is 1. The van der Waals surface area contributed by atoms with Crippen LogP contribution in [0.2, 0.25) is 0 Å². The summed E-state index contributed by atoms with van der Waals surface area (Å²) in [6.07, 6.45) is 40.8. The van der Waals surface area contributed by atoms with Gasteiger partial charge < -0.3 is 28.8 Å². The molecule has 3 atom stereocenters. The van der Waals surface area contributed by atoms with Gasteiger partial charge in [-0.05, 0) is 32.1 Å². The molecule has 0 heterocycles. The predicted octanol–water partition coefficient (Wildman–Crippen LogP) is 11.1. The van der Waals surface area contributed by atoms with Crippen LogP contribution >= 0.6 is 7.82 Å². The van der Waals surface area contributed by atoms with Crippen molar-refractivity contribution in [2.24, 2.45) is 0 Å². The summed E-state index contributed by atoms with van der Waals surface area (Å²) in [5, 5.41) is 13.7. The number of allylic oxidation sites excluding steroid dienone is 3. The van der Waals surface area contributed by atoms with Crippen LogP contribution in [-0.2, 0) is 18.4 Å². The average Bonchev–Trinajstić information content (AvgIpc) is 3.09. The number of hydrogen-bond donors (Lipinski definition) is 2. The number of carbonyl (C=O) groups is 1. The molecule has 8 nitrogen and oxygen atoms in total. The number of amides is 1. The Balaban J connectivity index is 4.48. The van der Waals surface area contributed by atoms with Crippen LogP contribution in [0.4, 0.5) is 0 Å². The van der Waals surface area contributed by atoms with Crippen LogP contribution in [0.25, 0.3) is 0 Å². The summed E-state index contributed by atoms with van der Waals surface area (Å²) in [5.41, 5.74) is 0. The van der Waals surface area contributed by atoms with Gasteiger partial charge in [0.05, 0.1) is 39.9 Å². The number of hydrogen-bond acceptors (Lipinski definition) is 6. The summed E-state index contributed by atoms with van der Waals surface area (Å²) in [4.78, 5) is 25.2. The van der Waals surface area contributed by atoms with E-state index in [4.69, 9.17) is 9.05 Å². The molecule has 1 amide bonds. The highest BCUT2D eigenvalue weighted by atomic mass is 31.2. The zero-order valence-electron chi connectivity index (χ0n) is 34.8. The number of unbranched alkanes of at least 4 members (excludes halogenated alkanes) is 24. The number of nitrogens with one attached hydrogen (secondary N) is 1. The summed E-state index contributed by atoms with van der Waals surface area (Å²) in [6, 6.07) is -0.897. The van der Waals surface area contributed by atoms with Crippen molar-refractivity contribution in [2.75, 3.05) is 40.9 Å². The van der Waals surface area contributed by atoms with E-state index in [0.29, 0.717) is 17.4 Å². The van der Waals surface area contributed by atoms with E-state index in [-0.39, 0.29) is 19.1 Å². The van der Waals surface area contributed by atoms with E-state index < -0.39 is 20.0 Å². The van der Waals surface area contributed by atoms with Crippen molar-refractivity contribution in [3.63, 3.8) is 0 Å². The van der Waals surface area contributed by atoms with Crippen molar-refractivity contribution in [1.29, 1.82) is 0 Å². The first-order chi connectivity index (χ1) is 25.0. The van der Waals surface area contributed by atoms with Crippen molar-refractivity contribution in [2.45, 2.75) is 206 Å². The van der Waals surface area contributed by atoms with Gasteiger partial charge in [0, 0.05) is 6.42 Å². The van der Waals surface area contributed by atoms with Gasteiger partial charge in [0.1, 0.15) is 13.2 Å². The van der Waals surface area contributed by atoms with Gasteiger partial charge in [0.2, 0.25) is 5.91 Å². The molecule has 0 bridgehead atoms. The number of aliphatic hydroxyl groups is 1. The normalized spacial score (nSPS) is 14.7. The molecule has 308 valence electrons. The third-order valence-electron chi connectivity index (χ3n) is 9.66. The molecule has 0 fully saturated rings. The second kappa shape index (κ2) is 35.7. The minimum absolute atomic E-state index is 0.00437. The van der Waals surface area contributed by atoms with E-state index in [9.17, 15) is 19.4 Å². The molecule has 0 aromatic heterocycles. The molecule has 0 rings (SSSR count). The summed E-state index contributed by atoms with van der Waals surface area (Å²) < 4.78 is 23.1. The SMILES string of the molecule is CCCCCCCCCCC/C=C/CC/C=C/[C@@H](O)[C@H](COP(=O)([O-])OCC[N+](C)(C)C)NC(=O)CCCCCCCCCCCCCCCCC. The van der Waals surface area contributed by atoms with E-state index in [1.807, 2.05) is 27.2 Å². The fourth-order valence-electron chi connectivity index (χ4n) is 6.17. The number of phosphoric ester groups is 1. The third kappa shape index (κ3) is 37.3. The Kier molecular flexibility index (Phi) is 35.0. The number of phosphoric acid groups is 1. The summed E-state index contributed by atoms with van der Waals surface area (Å²) >= 11 is 0. The number of rotatable bonds is 39. The highest BCUT2D eigenvalue weighted by Gasteiger charge is 2.23. The Morgan fingerprint density at radius 2 is 1.08 bits per heavy atom. The van der Waals surface area contributed by atoms with Crippen LogP contribution in [0.3, 0.4) is 0 Å². The van der Waals surface area contributed by atoms with Gasteiger partial charge in [0.15, 0.2) is 0 Å². The second-order valence-electron chi connectivity index (χ2n) is 16.0. The fraction of sp³-hybridized carbons (Fsp3) is 0.884. The van der Waals surface area contributed by atoms with Crippen molar-refractivity contribution < 1.29 is 32.9 Å². The Morgan fingerprint density at radius 1 is 0.654 bits per heavy atom. The number of carbonyl (C=O) groups excluding carboxylic acids is 1. The first-order valence-corrected chi connectivity index (χ1v) is 23.2. The Bertz CT molecular complexity index is 907. The fourth-order valence-corrected chi connectivity index (χ4v) is 6.89. The number of quaternary nitrogens is 1. The van der Waals surface area contributed by atoms with Crippen LogP contribution in [-0.4, -0.2) is 68.5 Å². The molecular weight excluding hydrogens is 671 g/mol. The molecule has 0 saturated heterocycles. The number of nitrogens with zero attached hydrogens (tertiary/aromatic N) is 1. The van der Waals surface area contributed by atoms with Gasteiger partial charge in [-0.1, -0.05) is 179 Å². The van der Waals surface area contributed by atoms with Gasteiger partial charge in [-0.25, -0.2) is 0 Å². The lowest BCUT2D eigenvalue weighted by Crippen LogP contribution is -2.45. The smallest absolute Gasteiger partial charge is 0.268 e. The minimum Gasteiger partial charge on any atom is -0.756 e. The number of aliphatic hydroxyl groups excluding tert-OH is 1. The van der Waals surface area contributed by atoms with E-state index in [0.717, 1.165) is 38.5 Å². The molecule has 9 heteroatoms. The van der Waals surface area contributed by atoms with Crippen molar-refractivity contribution in [3.05, 3.63) is 24.3 Å². The topological polar surface area (TPSA) is 108 Å². The minimum atomic E-state index is -4.59. The molecule has 0 aliphatic heterocycles. The van der Waals surface area contributed by atoms with Gasteiger partial charge in [-0.3, -0.25) is 9.36 Å². The van der Waals surface area contributed by atoms with Gasteiger partial charge >= 0.3 is 0 Å². The van der Waals surface area contributed by atoms with E-state index in [2.05, 4.69) is 31.3 Å². The van der Waals surface area contributed by atoms with E-state index in [1.54, 1.807) is 6.08 Å². The summed E-state index contributed by atoms with van der Waals surface area (Å²) in [5.74, 6) is -0.207. The second-order valence-corrected chi connectivity index (χ2v) is 17.5. The predicted molar refractivity (Wildman–Crippen MR) is 219 cm³/mol. The maximum atomic E-state index is 12.8. The molecule has 0 radical (unpaired) electrons. The summed E-state index contributed by atoms with van der Waals surface area (Å²) in [6.45, 7) is 4.62. The first-order valence-electron chi connectivity index (χ1n) is 21.7. The highest BCUT2D eigenvalue weighted by Crippen LogP contribution is 2.38. The average molecular weight is 757 g/mol. The quantitative estimate of drug-likeness (QED) is 0.0280. The van der Waals surface area contributed by atoms with Crippen LogP contribution in [0.15, 0.2) is 24.3 Å². The van der Waals surface area contributed by atoms with E-state index in [1.165, 1.54) is 135 Å². The molecule has 0 spiro atoms. The standard InChI is InChI=1S/C43H85N2O6P/c1-6-8-10-12-14-16-18-20-22-24-26-28-30-32-34-36-42(46)41(40-51-52(48,49)50-39-38-45(3,4)5)44-43(47)37-35-33-31-29-27-25-23-21-19-17-15-13-11-9-7-2/h26,28,34,36,41-42,46H,6-25,27,29-33,35,37-40H2,1-5H3,(H-,44,47,48,49)/b28-26+,36-34+/t41-,42+/m0/s1. The zero-order valence-corrected chi connectivity index (χ0v) is 35.7. The largest absolute Gasteiger partial charge is 0.756 e. The lowest BCUT2D eigenvalue weighted by atomic mass is 10.0. The van der Waals surface area contributed by atoms with Gasteiger partial charge in [-0.2, -0.15) is 0 Å². The molecule has 52 heavy (non-hydrogen) atoms. The summed E-state index contributed by atoms with van der Waals surface area (Å²) in [7, 11) is 1.25. The molecule has 0 aromatic rings. The third-order valence-corrected chi connectivity index (χ3v) is 10.6. The molecule has 0 saturated carbocycles. The molecule has 1 unspecified atom stereocenters.